The second kappa shape index (κ2) is 8.59. The summed E-state index contributed by atoms with van der Waals surface area (Å²) in [6.45, 7) is 8.69. The Kier molecular flexibility index (Phi) is 7.11. The molecule has 1 aromatic carbocycles. The van der Waals surface area contributed by atoms with Crippen LogP contribution >= 0.6 is 0 Å². The molecule has 1 N–H and O–H groups in total. The lowest BCUT2D eigenvalue weighted by molar-refractivity contribution is -0.384. The van der Waals surface area contributed by atoms with E-state index in [0.29, 0.717) is 25.4 Å². The van der Waals surface area contributed by atoms with E-state index in [1.807, 2.05) is 33.9 Å². The van der Waals surface area contributed by atoms with Crippen LogP contribution in [-0.2, 0) is 11.3 Å². The molecular formula is C15H25N3O3. The molecule has 0 spiro atoms. The molecule has 1 aromatic rings. The van der Waals surface area contributed by atoms with E-state index in [2.05, 4.69) is 10.2 Å². The molecule has 118 valence electrons. The number of nitrogens with zero attached hydrogens (tertiary/aromatic N) is 2. The number of nitro groups is 1. The van der Waals surface area contributed by atoms with E-state index in [-0.39, 0.29) is 16.7 Å². The second-order valence-electron chi connectivity index (χ2n) is 5.30. The molecule has 0 fully saturated rings. The highest BCUT2D eigenvalue weighted by Gasteiger charge is 2.14. The van der Waals surface area contributed by atoms with Gasteiger partial charge in [-0.3, -0.25) is 15.0 Å². The third kappa shape index (κ3) is 6.10. The standard InChI is InChI=1S/C15H25N3O3/c1-5-16-14-7-6-13(10-15(14)18(19)20)11-17(4)8-9-21-12(2)3/h6-7,10,12,16H,5,8-9,11H2,1-4H3. The van der Waals surface area contributed by atoms with Crippen molar-refractivity contribution < 1.29 is 9.66 Å². The Balaban J connectivity index is 2.66. The summed E-state index contributed by atoms with van der Waals surface area (Å²) in [6, 6.07) is 5.33. The minimum absolute atomic E-state index is 0.126. The summed E-state index contributed by atoms with van der Waals surface area (Å²) in [5.74, 6) is 0. The number of hydrogen-bond donors (Lipinski definition) is 1. The first-order chi connectivity index (χ1) is 9.93. The zero-order valence-corrected chi connectivity index (χ0v) is 13.3. The molecule has 0 heterocycles. The van der Waals surface area contributed by atoms with Gasteiger partial charge in [0.2, 0.25) is 0 Å². The molecule has 1 rings (SSSR count). The van der Waals surface area contributed by atoms with E-state index >= 15 is 0 Å². The van der Waals surface area contributed by atoms with Crippen molar-refractivity contribution in [2.45, 2.75) is 33.4 Å². The Labute approximate surface area is 126 Å². The van der Waals surface area contributed by atoms with E-state index in [9.17, 15) is 10.1 Å². The summed E-state index contributed by atoms with van der Waals surface area (Å²) >= 11 is 0. The van der Waals surface area contributed by atoms with Crippen molar-refractivity contribution in [1.29, 1.82) is 0 Å². The molecule has 0 aliphatic rings. The SMILES string of the molecule is CCNc1ccc(CN(C)CCOC(C)C)cc1[N+](=O)[O-]. The molecule has 0 atom stereocenters. The van der Waals surface area contributed by atoms with Crippen molar-refractivity contribution >= 4 is 11.4 Å². The molecule has 0 unspecified atom stereocenters. The lowest BCUT2D eigenvalue weighted by Crippen LogP contribution is -2.24. The molecule has 0 amide bonds. The summed E-state index contributed by atoms with van der Waals surface area (Å²) in [5.41, 5.74) is 1.62. The van der Waals surface area contributed by atoms with E-state index < -0.39 is 0 Å². The highest BCUT2D eigenvalue weighted by molar-refractivity contribution is 5.62. The summed E-state index contributed by atoms with van der Waals surface area (Å²) in [4.78, 5) is 12.9. The van der Waals surface area contributed by atoms with E-state index in [1.54, 1.807) is 12.1 Å². The third-order valence-electron chi connectivity index (χ3n) is 3.00. The largest absolute Gasteiger partial charge is 0.380 e. The van der Waals surface area contributed by atoms with Gasteiger partial charge in [0.15, 0.2) is 0 Å². The first-order valence-corrected chi connectivity index (χ1v) is 7.25. The normalized spacial score (nSPS) is 11.1. The highest BCUT2D eigenvalue weighted by atomic mass is 16.6. The minimum Gasteiger partial charge on any atom is -0.380 e. The van der Waals surface area contributed by atoms with Crippen LogP contribution in [0.15, 0.2) is 18.2 Å². The molecular weight excluding hydrogens is 270 g/mol. The number of rotatable bonds is 9. The average molecular weight is 295 g/mol. The third-order valence-corrected chi connectivity index (χ3v) is 3.00. The van der Waals surface area contributed by atoms with Gasteiger partial charge in [0.05, 0.1) is 17.6 Å². The number of ether oxygens (including phenoxy) is 1. The first kappa shape index (κ1) is 17.4. The van der Waals surface area contributed by atoms with E-state index in [4.69, 9.17) is 4.74 Å². The number of benzene rings is 1. The fourth-order valence-corrected chi connectivity index (χ4v) is 2.00. The molecule has 21 heavy (non-hydrogen) atoms. The minimum atomic E-state index is -0.344. The van der Waals surface area contributed by atoms with Crippen molar-refractivity contribution in [3.8, 4) is 0 Å². The zero-order chi connectivity index (χ0) is 15.8. The molecule has 6 nitrogen and oxygen atoms in total. The number of anilines is 1. The first-order valence-electron chi connectivity index (χ1n) is 7.25. The van der Waals surface area contributed by atoms with Gasteiger partial charge in [0, 0.05) is 25.7 Å². The van der Waals surface area contributed by atoms with E-state index in [1.165, 1.54) is 0 Å². The van der Waals surface area contributed by atoms with Crippen LogP contribution in [0.5, 0.6) is 0 Å². The Morgan fingerprint density at radius 1 is 1.43 bits per heavy atom. The Morgan fingerprint density at radius 2 is 2.14 bits per heavy atom. The molecule has 0 radical (unpaired) electrons. The van der Waals surface area contributed by atoms with Crippen LogP contribution in [0.4, 0.5) is 11.4 Å². The van der Waals surface area contributed by atoms with Crippen LogP contribution in [0.1, 0.15) is 26.3 Å². The zero-order valence-electron chi connectivity index (χ0n) is 13.3. The van der Waals surface area contributed by atoms with Gasteiger partial charge in [-0.1, -0.05) is 6.07 Å². The quantitative estimate of drug-likeness (QED) is 0.560. The van der Waals surface area contributed by atoms with Gasteiger partial charge in [-0.15, -0.1) is 0 Å². The molecule has 0 saturated heterocycles. The van der Waals surface area contributed by atoms with Crippen LogP contribution in [0, 0.1) is 10.1 Å². The van der Waals surface area contributed by atoms with Gasteiger partial charge < -0.3 is 10.1 Å². The van der Waals surface area contributed by atoms with Gasteiger partial charge in [0.25, 0.3) is 5.69 Å². The van der Waals surface area contributed by atoms with Crippen LogP contribution in [0.25, 0.3) is 0 Å². The maximum Gasteiger partial charge on any atom is 0.292 e. The van der Waals surface area contributed by atoms with Gasteiger partial charge in [-0.2, -0.15) is 0 Å². The maximum absolute atomic E-state index is 11.1. The summed E-state index contributed by atoms with van der Waals surface area (Å²) < 4.78 is 5.50. The Morgan fingerprint density at radius 3 is 2.71 bits per heavy atom. The predicted molar refractivity (Wildman–Crippen MR) is 84.7 cm³/mol. The topological polar surface area (TPSA) is 67.6 Å². The van der Waals surface area contributed by atoms with Crippen molar-refractivity contribution in [3.63, 3.8) is 0 Å². The van der Waals surface area contributed by atoms with Crippen molar-refractivity contribution in [2.24, 2.45) is 0 Å². The summed E-state index contributed by atoms with van der Waals surface area (Å²) in [7, 11) is 1.98. The summed E-state index contributed by atoms with van der Waals surface area (Å²) in [5, 5.41) is 14.1. The fourth-order valence-electron chi connectivity index (χ4n) is 2.00. The number of hydrogen-bond acceptors (Lipinski definition) is 5. The van der Waals surface area contributed by atoms with Crippen LogP contribution in [0.3, 0.4) is 0 Å². The molecule has 0 saturated carbocycles. The van der Waals surface area contributed by atoms with Crippen LogP contribution < -0.4 is 5.32 Å². The molecule has 0 aliphatic heterocycles. The lowest BCUT2D eigenvalue weighted by atomic mass is 10.1. The van der Waals surface area contributed by atoms with Crippen molar-refractivity contribution in [1.82, 2.24) is 4.90 Å². The molecule has 6 heteroatoms. The highest BCUT2D eigenvalue weighted by Crippen LogP contribution is 2.25. The van der Waals surface area contributed by atoms with Gasteiger partial charge >= 0.3 is 0 Å². The van der Waals surface area contributed by atoms with Gasteiger partial charge in [-0.05, 0) is 39.4 Å². The van der Waals surface area contributed by atoms with Crippen molar-refractivity contribution in [2.75, 3.05) is 32.1 Å². The van der Waals surface area contributed by atoms with Crippen molar-refractivity contribution in [3.05, 3.63) is 33.9 Å². The number of nitro benzene ring substituents is 1. The number of nitrogens with one attached hydrogen (secondary N) is 1. The maximum atomic E-state index is 11.1. The lowest BCUT2D eigenvalue weighted by Gasteiger charge is -2.18. The molecule has 0 bridgehead atoms. The number of likely N-dealkylation sites (N-methyl/N-ethyl adjacent to an activating group) is 1. The average Bonchev–Trinajstić information content (AvgIpc) is 2.40. The molecule has 0 aliphatic carbocycles. The Hall–Kier alpha value is -1.66. The van der Waals surface area contributed by atoms with Crippen LogP contribution in [0.2, 0.25) is 0 Å². The van der Waals surface area contributed by atoms with Gasteiger partial charge in [0.1, 0.15) is 5.69 Å². The fraction of sp³-hybridized carbons (Fsp3) is 0.600. The predicted octanol–water partition coefficient (Wildman–Crippen LogP) is 2.88. The summed E-state index contributed by atoms with van der Waals surface area (Å²) in [6.07, 6.45) is 0.221. The second-order valence-corrected chi connectivity index (χ2v) is 5.30. The van der Waals surface area contributed by atoms with E-state index in [0.717, 1.165) is 12.1 Å². The molecule has 0 aromatic heterocycles. The smallest absolute Gasteiger partial charge is 0.292 e. The monoisotopic (exact) mass is 295 g/mol. The van der Waals surface area contributed by atoms with Gasteiger partial charge in [-0.25, -0.2) is 0 Å². The Bertz CT molecular complexity index is 463. The van der Waals surface area contributed by atoms with Crippen LogP contribution in [-0.4, -0.2) is 42.7 Å².